The standard InChI is InChI=1S/C29H45F3N4O2/c1-3-34(4-2)20-11-21-35(28(38)23-16-18-24(19-17-23)29(30,31)32)22-27(37)33-36(25-12-7-5-8-13-25)26-14-9-6-10-15-26/h16-19,25-26H,3-15,20-22H2,1-2H3,(H,33,37). The predicted molar refractivity (Wildman–Crippen MR) is 143 cm³/mol. The average Bonchev–Trinajstić information content (AvgIpc) is 2.93. The Morgan fingerprint density at radius 2 is 1.37 bits per heavy atom. The van der Waals surface area contributed by atoms with Crippen LogP contribution in [-0.4, -0.2) is 71.4 Å². The fourth-order valence-electron chi connectivity index (χ4n) is 5.81. The number of hydrogen-bond donors (Lipinski definition) is 1. The number of rotatable bonds is 12. The molecule has 3 rings (SSSR count). The number of alkyl halides is 3. The van der Waals surface area contributed by atoms with E-state index in [-0.39, 0.29) is 18.0 Å². The highest BCUT2D eigenvalue weighted by Crippen LogP contribution is 2.30. The lowest BCUT2D eigenvalue weighted by Gasteiger charge is -2.41. The van der Waals surface area contributed by atoms with E-state index in [4.69, 9.17) is 0 Å². The van der Waals surface area contributed by atoms with Gasteiger partial charge in [-0.1, -0.05) is 52.4 Å². The second-order valence-electron chi connectivity index (χ2n) is 10.7. The van der Waals surface area contributed by atoms with Crippen LogP contribution in [0.25, 0.3) is 0 Å². The van der Waals surface area contributed by atoms with E-state index < -0.39 is 17.6 Å². The molecule has 2 aliphatic rings. The summed E-state index contributed by atoms with van der Waals surface area (Å²) in [5, 5.41) is 2.19. The van der Waals surface area contributed by atoms with Gasteiger partial charge in [-0.2, -0.15) is 13.2 Å². The molecule has 1 aromatic carbocycles. The van der Waals surface area contributed by atoms with Crippen molar-refractivity contribution in [1.82, 2.24) is 20.2 Å². The van der Waals surface area contributed by atoms with E-state index in [2.05, 4.69) is 29.2 Å². The van der Waals surface area contributed by atoms with Crippen molar-refractivity contribution in [2.24, 2.45) is 0 Å². The first kappa shape index (κ1) is 30.4. The molecule has 0 radical (unpaired) electrons. The van der Waals surface area contributed by atoms with Crippen LogP contribution >= 0.6 is 0 Å². The molecule has 1 aromatic rings. The van der Waals surface area contributed by atoms with Crippen molar-refractivity contribution >= 4 is 11.8 Å². The summed E-state index contributed by atoms with van der Waals surface area (Å²) in [6.07, 6.45) is 7.56. The minimum absolute atomic E-state index is 0.117. The summed E-state index contributed by atoms with van der Waals surface area (Å²) in [7, 11) is 0. The quantitative estimate of drug-likeness (QED) is 0.338. The number of hydrazine groups is 1. The number of nitrogens with one attached hydrogen (secondary N) is 1. The van der Waals surface area contributed by atoms with E-state index in [1.54, 1.807) is 0 Å². The zero-order valence-electron chi connectivity index (χ0n) is 23.1. The van der Waals surface area contributed by atoms with Gasteiger partial charge in [0, 0.05) is 24.2 Å². The fourth-order valence-corrected chi connectivity index (χ4v) is 5.81. The van der Waals surface area contributed by atoms with Gasteiger partial charge in [-0.25, -0.2) is 5.01 Å². The summed E-state index contributed by atoms with van der Waals surface area (Å²) in [5.41, 5.74) is 2.55. The van der Waals surface area contributed by atoms with Crippen molar-refractivity contribution in [3.63, 3.8) is 0 Å². The Bertz CT molecular complexity index is 844. The highest BCUT2D eigenvalue weighted by Gasteiger charge is 2.32. The van der Waals surface area contributed by atoms with Gasteiger partial charge in [-0.15, -0.1) is 0 Å². The van der Waals surface area contributed by atoms with E-state index >= 15 is 0 Å². The molecule has 0 heterocycles. The third kappa shape index (κ3) is 8.97. The Morgan fingerprint density at radius 3 is 1.84 bits per heavy atom. The lowest BCUT2D eigenvalue weighted by Crippen LogP contribution is -2.57. The van der Waals surface area contributed by atoms with Gasteiger partial charge in [-0.3, -0.25) is 15.0 Å². The summed E-state index contributed by atoms with van der Waals surface area (Å²) in [6.45, 7) is 6.95. The zero-order valence-corrected chi connectivity index (χ0v) is 23.1. The molecule has 9 heteroatoms. The number of halogens is 3. The van der Waals surface area contributed by atoms with Crippen LogP contribution in [0.4, 0.5) is 13.2 Å². The van der Waals surface area contributed by atoms with Gasteiger partial charge in [-0.05, 0) is 76.0 Å². The van der Waals surface area contributed by atoms with Gasteiger partial charge in [0.05, 0.1) is 5.56 Å². The minimum Gasteiger partial charge on any atom is -0.329 e. The molecule has 0 saturated heterocycles. The van der Waals surface area contributed by atoms with Crippen LogP contribution in [0.1, 0.15) is 100 Å². The molecule has 0 spiro atoms. The van der Waals surface area contributed by atoms with E-state index in [1.165, 1.54) is 29.9 Å². The van der Waals surface area contributed by atoms with Crippen molar-refractivity contribution in [2.75, 3.05) is 32.7 Å². The van der Waals surface area contributed by atoms with Gasteiger partial charge in [0.2, 0.25) is 0 Å². The topological polar surface area (TPSA) is 55.9 Å². The van der Waals surface area contributed by atoms with Gasteiger partial charge < -0.3 is 9.80 Å². The first-order valence-corrected chi connectivity index (χ1v) is 14.5. The highest BCUT2D eigenvalue weighted by atomic mass is 19.4. The largest absolute Gasteiger partial charge is 0.416 e. The van der Waals surface area contributed by atoms with E-state index in [0.717, 1.165) is 83.1 Å². The number of carbonyl (C=O) groups is 2. The lowest BCUT2D eigenvalue weighted by atomic mass is 9.90. The third-order valence-corrected chi connectivity index (χ3v) is 8.07. The number of hydrogen-bond acceptors (Lipinski definition) is 4. The molecule has 0 bridgehead atoms. The van der Waals surface area contributed by atoms with Crippen molar-refractivity contribution in [1.29, 1.82) is 0 Å². The molecule has 1 N–H and O–H groups in total. The molecular formula is C29H45F3N4O2. The predicted octanol–water partition coefficient (Wildman–Crippen LogP) is 5.88. The summed E-state index contributed by atoms with van der Waals surface area (Å²) in [5.74, 6) is -0.653. The Labute approximate surface area is 225 Å². The minimum atomic E-state index is -4.47. The molecule has 0 aromatic heterocycles. The molecule has 38 heavy (non-hydrogen) atoms. The van der Waals surface area contributed by atoms with Crippen molar-refractivity contribution in [3.05, 3.63) is 35.4 Å². The number of amides is 2. The van der Waals surface area contributed by atoms with Crippen LogP contribution in [0.5, 0.6) is 0 Å². The van der Waals surface area contributed by atoms with Crippen LogP contribution < -0.4 is 5.43 Å². The summed E-state index contributed by atoms with van der Waals surface area (Å²) >= 11 is 0. The normalized spacial score (nSPS) is 17.7. The molecule has 2 amide bonds. The maximum absolute atomic E-state index is 13.4. The van der Waals surface area contributed by atoms with Crippen molar-refractivity contribution in [2.45, 2.75) is 103 Å². The number of carbonyl (C=O) groups excluding carboxylic acids is 2. The highest BCUT2D eigenvalue weighted by molar-refractivity contribution is 5.96. The van der Waals surface area contributed by atoms with Gasteiger partial charge in [0.25, 0.3) is 11.8 Å². The Hall–Kier alpha value is -2.13. The summed E-state index contributed by atoms with van der Waals surface area (Å²) < 4.78 is 39.1. The SMILES string of the molecule is CCN(CC)CCCN(CC(=O)NN(C1CCCCC1)C1CCCCC1)C(=O)c1ccc(C(F)(F)F)cc1. The van der Waals surface area contributed by atoms with Gasteiger partial charge >= 0.3 is 6.18 Å². The molecule has 6 nitrogen and oxygen atoms in total. The molecule has 2 saturated carbocycles. The van der Waals surface area contributed by atoms with Crippen LogP contribution in [0.2, 0.25) is 0 Å². The van der Waals surface area contributed by atoms with E-state index in [9.17, 15) is 22.8 Å². The van der Waals surface area contributed by atoms with Gasteiger partial charge in [0.15, 0.2) is 0 Å². The van der Waals surface area contributed by atoms with Gasteiger partial charge in [0.1, 0.15) is 6.54 Å². The van der Waals surface area contributed by atoms with Crippen molar-refractivity contribution in [3.8, 4) is 0 Å². The first-order chi connectivity index (χ1) is 18.2. The summed E-state index contributed by atoms with van der Waals surface area (Å²) in [6, 6.07) is 4.90. The molecule has 214 valence electrons. The number of benzene rings is 1. The average molecular weight is 539 g/mol. The molecule has 0 unspecified atom stereocenters. The van der Waals surface area contributed by atoms with Crippen LogP contribution in [0.15, 0.2) is 24.3 Å². The smallest absolute Gasteiger partial charge is 0.329 e. The molecule has 0 aliphatic heterocycles. The molecule has 2 fully saturated rings. The second kappa shape index (κ2) is 14.9. The Kier molecular flexibility index (Phi) is 11.9. The molecule has 2 aliphatic carbocycles. The Balaban J connectivity index is 1.72. The van der Waals surface area contributed by atoms with E-state index in [1.807, 2.05) is 0 Å². The lowest BCUT2D eigenvalue weighted by molar-refractivity contribution is -0.137. The zero-order chi connectivity index (χ0) is 27.5. The van der Waals surface area contributed by atoms with Crippen LogP contribution in [-0.2, 0) is 11.0 Å². The van der Waals surface area contributed by atoms with Crippen LogP contribution in [0, 0.1) is 0 Å². The fraction of sp³-hybridized carbons (Fsp3) is 0.724. The first-order valence-electron chi connectivity index (χ1n) is 14.5. The van der Waals surface area contributed by atoms with E-state index in [0.29, 0.717) is 25.0 Å². The maximum Gasteiger partial charge on any atom is 0.416 e. The van der Waals surface area contributed by atoms with Crippen molar-refractivity contribution < 1.29 is 22.8 Å². The monoisotopic (exact) mass is 538 g/mol. The third-order valence-electron chi connectivity index (χ3n) is 8.07. The summed E-state index contributed by atoms with van der Waals surface area (Å²) in [4.78, 5) is 30.5. The molecule has 0 atom stereocenters. The molecular weight excluding hydrogens is 493 g/mol. The second-order valence-corrected chi connectivity index (χ2v) is 10.7. The number of nitrogens with zero attached hydrogens (tertiary/aromatic N) is 3. The maximum atomic E-state index is 13.4. The Morgan fingerprint density at radius 1 is 0.842 bits per heavy atom. The van der Waals surface area contributed by atoms with Crippen LogP contribution in [0.3, 0.4) is 0 Å².